The highest BCUT2D eigenvalue weighted by Gasteiger charge is 2.41. The molecule has 11 aromatic rings. The van der Waals surface area contributed by atoms with Crippen LogP contribution in [0.5, 0.6) is 0 Å². The van der Waals surface area contributed by atoms with Crippen LogP contribution in [-0.4, -0.2) is 23.0 Å². The lowest BCUT2D eigenvalue weighted by molar-refractivity contribution is 1.08. The molecule has 0 atom stereocenters. The molecule has 5 heteroatoms. The van der Waals surface area contributed by atoms with Crippen LogP contribution >= 0.6 is 11.3 Å². The summed E-state index contributed by atoms with van der Waals surface area (Å²) >= 11 is 1.80. The van der Waals surface area contributed by atoms with Crippen LogP contribution in [0.3, 0.4) is 0 Å². The van der Waals surface area contributed by atoms with Crippen LogP contribution < -0.4 is 20.7 Å². The van der Waals surface area contributed by atoms with Crippen molar-refractivity contribution >= 4 is 71.1 Å². The van der Waals surface area contributed by atoms with Crippen LogP contribution in [0.25, 0.3) is 76.2 Å². The standard InChI is InChI=1S/C55H37N3SSi/c1-5-19-38(20-6-1)44-30-16-32-46-45(44)31-17-33-47(46)54-56-53(57-55(58-54)49-34-18-36-51-52(49)48-29-13-14-35-50(48)59-51)39-21-15-28-43(37-39)60(40-22-7-2-8-23-40,41-24-9-3-10-25-41)42-26-11-4-12-27-42/h1-37H. The lowest BCUT2D eigenvalue weighted by Crippen LogP contribution is -2.74. The summed E-state index contributed by atoms with van der Waals surface area (Å²) in [6.07, 6.45) is 0. The second-order valence-corrected chi connectivity index (χ2v) is 20.0. The van der Waals surface area contributed by atoms with E-state index in [4.69, 9.17) is 15.0 Å². The summed E-state index contributed by atoms with van der Waals surface area (Å²) in [4.78, 5) is 16.2. The third kappa shape index (κ3) is 6.06. The molecule has 60 heavy (non-hydrogen) atoms. The molecule has 282 valence electrons. The van der Waals surface area contributed by atoms with E-state index in [0.717, 1.165) is 27.5 Å². The summed E-state index contributed by atoms with van der Waals surface area (Å²) in [5.41, 5.74) is 5.27. The molecule has 0 aliphatic rings. The average Bonchev–Trinajstić information content (AvgIpc) is 3.72. The molecular weight excluding hydrogens is 763 g/mol. The summed E-state index contributed by atoms with van der Waals surface area (Å²) in [5.74, 6) is 1.94. The second kappa shape index (κ2) is 15.1. The molecule has 0 spiro atoms. The van der Waals surface area contributed by atoms with Gasteiger partial charge in [0.25, 0.3) is 0 Å². The van der Waals surface area contributed by atoms with Crippen molar-refractivity contribution in [3.8, 4) is 45.3 Å². The van der Waals surface area contributed by atoms with Crippen LogP contribution in [0.2, 0.25) is 0 Å². The molecule has 11 rings (SSSR count). The summed E-state index contributed by atoms with van der Waals surface area (Å²) < 4.78 is 2.45. The summed E-state index contributed by atoms with van der Waals surface area (Å²) in [7, 11) is -2.82. The van der Waals surface area contributed by atoms with Gasteiger partial charge in [0.15, 0.2) is 25.5 Å². The molecular formula is C55H37N3SSi. The minimum atomic E-state index is -2.82. The molecule has 2 aromatic heterocycles. The molecule has 0 fully saturated rings. The topological polar surface area (TPSA) is 38.7 Å². The number of hydrogen-bond acceptors (Lipinski definition) is 4. The van der Waals surface area contributed by atoms with Gasteiger partial charge in [0, 0.05) is 36.9 Å². The molecule has 9 aromatic carbocycles. The van der Waals surface area contributed by atoms with Crippen LogP contribution in [0, 0.1) is 0 Å². The largest absolute Gasteiger partial charge is 0.208 e. The molecule has 0 bridgehead atoms. The van der Waals surface area contributed by atoms with E-state index in [9.17, 15) is 0 Å². The lowest BCUT2D eigenvalue weighted by atomic mass is 9.95. The lowest BCUT2D eigenvalue weighted by Gasteiger charge is -2.34. The minimum Gasteiger partial charge on any atom is -0.208 e. The van der Waals surface area contributed by atoms with Crippen molar-refractivity contribution in [1.82, 2.24) is 15.0 Å². The maximum absolute atomic E-state index is 5.42. The Kier molecular flexibility index (Phi) is 9.03. The van der Waals surface area contributed by atoms with Crippen LogP contribution in [0.4, 0.5) is 0 Å². The first-order valence-corrected chi connectivity index (χ1v) is 23.1. The summed E-state index contributed by atoms with van der Waals surface area (Å²) in [6, 6.07) is 80.8. The molecule has 0 amide bonds. The number of nitrogens with zero attached hydrogens (tertiary/aromatic N) is 3. The van der Waals surface area contributed by atoms with Gasteiger partial charge in [0.1, 0.15) is 0 Å². The minimum absolute atomic E-state index is 0.640. The van der Waals surface area contributed by atoms with Gasteiger partial charge < -0.3 is 0 Å². The number of thiophene rings is 1. The Morgan fingerprint density at radius 3 is 1.40 bits per heavy atom. The third-order valence-corrected chi connectivity index (χ3v) is 17.6. The third-order valence-electron chi connectivity index (χ3n) is 11.7. The maximum atomic E-state index is 5.42. The normalized spacial score (nSPS) is 11.7. The second-order valence-electron chi connectivity index (χ2n) is 15.1. The van der Waals surface area contributed by atoms with Crippen molar-refractivity contribution in [2.45, 2.75) is 0 Å². The molecule has 0 saturated carbocycles. The first-order chi connectivity index (χ1) is 29.8. The Labute approximate surface area is 354 Å². The van der Waals surface area contributed by atoms with Crippen LogP contribution in [0.15, 0.2) is 224 Å². The van der Waals surface area contributed by atoms with E-state index >= 15 is 0 Å². The van der Waals surface area contributed by atoms with Crippen molar-refractivity contribution in [1.29, 1.82) is 0 Å². The Bertz CT molecular complexity index is 3220. The van der Waals surface area contributed by atoms with Crippen molar-refractivity contribution in [2.75, 3.05) is 0 Å². The molecule has 0 aliphatic carbocycles. The Hall–Kier alpha value is -7.31. The molecule has 3 nitrogen and oxygen atoms in total. The van der Waals surface area contributed by atoms with E-state index in [2.05, 4.69) is 224 Å². The van der Waals surface area contributed by atoms with Crippen molar-refractivity contribution in [3.05, 3.63) is 224 Å². The van der Waals surface area contributed by atoms with Gasteiger partial charge in [0.05, 0.1) is 0 Å². The molecule has 0 N–H and O–H groups in total. The predicted octanol–water partition coefficient (Wildman–Crippen LogP) is 11.4. The highest BCUT2D eigenvalue weighted by Crippen LogP contribution is 2.40. The number of rotatable bonds is 8. The number of benzene rings is 9. The van der Waals surface area contributed by atoms with Crippen molar-refractivity contribution in [2.24, 2.45) is 0 Å². The van der Waals surface area contributed by atoms with Gasteiger partial charge in [-0.05, 0) is 54.8 Å². The molecule has 0 unspecified atom stereocenters. The fourth-order valence-corrected chi connectivity index (χ4v) is 15.0. The highest BCUT2D eigenvalue weighted by atomic mass is 32.1. The average molecular weight is 800 g/mol. The van der Waals surface area contributed by atoms with E-state index in [-0.39, 0.29) is 0 Å². The van der Waals surface area contributed by atoms with Gasteiger partial charge in [0.2, 0.25) is 0 Å². The summed E-state index contributed by atoms with van der Waals surface area (Å²) in [6.45, 7) is 0. The predicted molar refractivity (Wildman–Crippen MR) is 256 cm³/mol. The van der Waals surface area contributed by atoms with Gasteiger partial charge in [-0.2, -0.15) is 0 Å². The van der Waals surface area contributed by atoms with Gasteiger partial charge in [-0.15, -0.1) is 11.3 Å². The van der Waals surface area contributed by atoms with Gasteiger partial charge in [-0.1, -0.05) is 212 Å². The van der Waals surface area contributed by atoms with E-state index in [1.165, 1.54) is 52.0 Å². The van der Waals surface area contributed by atoms with Gasteiger partial charge in [-0.25, -0.2) is 15.0 Å². The fourth-order valence-electron chi connectivity index (χ4n) is 9.04. The van der Waals surface area contributed by atoms with Crippen LogP contribution in [-0.2, 0) is 0 Å². The maximum Gasteiger partial charge on any atom is 0.179 e. The van der Waals surface area contributed by atoms with E-state index in [1.807, 2.05) is 0 Å². The smallest absolute Gasteiger partial charge is 0.179 e. The Morgan fingerprint density at radius 1 is 0.300 bits per heavy atom. The molecule has 0 aliphatic heterocycles. The summed E-state index contributed by atoms with van der Waals surface area (Å²) in [5, 5.41) is 9.84. The fraction of sp³-hybridized carbons (Fsp3) is 0. The van der Waals surface area contributed by atoms with Crippen molar-refractivity contribution in [3.63, 3.8) is 0 Å². The zero-order valence-electron chi connectivity index (χ0n) is 32.6. The van der Waals surface area contributed by atoms with E-state index in [1.54, 1.807) is 11.3 Å². The van der Waals surface area contributed by atoms with E-state index < -0.39 is 8.07 Å². The quantitative estimate of drug-likeness (QED) is 0.113. The Morgan fingerprint density at radius 2 is 0.733 bits per heavy atom. The molecule has 2 heterocycles. The van der Waals surface area contributed by atoms with Gasteiger partial charge >= 0.3 is 0 Å². The zero-order valence-corrected chi connectivity index (χ0v) is 34.4. The monoisotopic (exact) mass is 799 g/mol. The van der Waals surface area contributed by atoms with Gasteiger partial charge in [-0.3, -0.25) is 0 Å². The van der Waals surface area contributed by atoms with Crippen molar-refractivity contribution < 1.29 is 0 Å². The number of hydrogen-bond donors (Lipinski definition) is 0. The first kappa shape index (κ1) is 35.8. The molecule has 0 saturated heterocycles. The SMILES string of the molecule is c1ccc(-c2cccc3c(-c4nc(-c5cccc([Si](c6ccccc6)(c6ccccc6)c6ccccc6)c5)nc(-c5cccc6sc7ccccc7c56)n4)cccc23)cc1. The highest BCUT2D eigenvalue weighted by molar-refractivity contribution is 7.26. The number of aromatic nitrogens is 3. The van der Waals surface area contributed by atoms with Crippen LogP contribution in [0.1, 0.15) is 0 Å². The number of fused-ring (bicyclic) bond motifs is 4. The Balaban J connectivity index is 1.18. The van der Waals surface area contributed by atoms with E-state index in [0.29, 0.717) is 17.5 Å². The zero-order chi connectivity index (χ0) is 39.9. The molecule has 0 radical (unpaired) electrons. The first-order valence-electron chi connectivity index (χ1n) is 20.3.